The Kier molecular flexibility index (Phi) is 2.04. The van der Waals surface area contributed by atoms with Crippen LogP contribution in [0.1, 0.15) is 11.1 Å². The first-order chi connectivity index (χ1) is 6.20. The summed E-state index contributed by atoms with van der Waals surface area (Å²) in [5.74, 6) is 0. The first-order valence-corrected chi connectivity index (χ1v) is 4.83. The van der Waals surface area contributed by atoms with Crippen molar-refractivity contribution in [3.63, 3.8) is 0 Å². The molecule has 0 nitrogen and oxygen atoms in total. The Balaban J connectivity index is 2.94. The Morgan fingerprint density at radius 3 is 2.46 bits per heavy atom. The van der Waals surface area contributed by atoms with E-state index in [0.717, 1.165) is 4.90 Å². The summed E-state index contributed by atoms with van der Waals surface area (Å²) >= 11 is 4.43. The van der Waals surface area contributed by atoms with Crippen molar-refractivity contribution in [2.75, 3.05) is 0 Å². The molecule has 0 amide bonds. The van der Waals surface area contributed by atoms with E-state index in [0.29, 0.717) is 0 Å². The van der Waals surface area contributed by atoms with Crippen LogP contribution in [-0.2, 0) is 0 Å². The Bertz CT molecular complexity index is 458. The van der Waals surface area contributed by atoms with Gasteiger partial charge in [0.25, 0.3) is 0 Å². The van der Waals surface area contributed by atoms with Crippen molar-refractivity contribution in [1.82, 2.24) is 0 Å². The van der Waals surface area contributed by atoms with Gasteiger partial charge >= 0.3 is 0 Å². The molecule has 0 bridgehead atoms. The van der Waals surface area contributed by atoms with Gasteiger partial charge in [0.2, 0.25) is 0 Å². The van der Waals surface area contributed by atoms with Crippen LogP contribution in [0.3, 0.4) is 0 Å². The number of aryl methyl sites for hydroxylation is 2. The zero-order valence-electron chi connectivity index (χ0n) is 7.83. The van der Waals surface area contributed by atoms with Crippen LogP contribution in [0.4, 0.5) is 0 Å². The third kappa shape index (κ3) is 1.33. The Hall–Kier alpha value is -0.950. The van der Waals surface area contributed by atoms with Crippen LogP contribution in [-0.4, -0.2) is 0 Å². The minimum Gasteiger partial charge on any atom is -0.143 e. The first kappa shape index (κ1) is 8.64. The maximum atomic E-state index is 4.43. The molecule has 1 heteroatoms. The molecular weight excluding hydrogens is 176 g/mol. The van der Waals surface area contributed by atoms with Gasteiger partial charge in [-0.05, 0) is 41.8 Å². The fourth-order valence-corrected chi connectivity index (χ4v) is 1.88. The molecular formula is C12H12S. The molecule has 13 heavy (non-hydrogen) atoms. The molecule has 0 aromatic heterocycles. The smallest absolute Gasteiger partial charge is 0.0119 e. The van der Waals surface area contributed by atoms with Gasteiger partial charge in [0.15, 0.2) is 0 Å². The normalized spacial score (nSPS) is 10.7. The van der Waals surface area contributed by atoms with Gasteiger partial charge in [0.05, 0.1) is 0 Å². The second kappa shape index (κ2) is 3.08. The van der Waals surface area contributed by atoms with Crippen LogP contribution in [0.25, 0.3) is 10.8 Å². The highest BCUT2D eigenvalue weighted by atomic mass is 32.1. The minimum atomic E-state index is 1.06. The second-order valence-electron chi connectivity index (χ2n) is 3.38. The fraction of sp³-hybridized carbons (Fsp3) is 0.167. The van der Waals surface area contributed by atoms with Crippen molar-refractivity contribution >= 4 is 23.4 Å². The Labute approximate surface area is 84.0 Å². The predicted molar refractivity (Wildman–Crippen MR) is 60.7 cm³/mol. The number of thiol groups is 1. The van der Waals surface area contributed by atoms with E-state index in [-0.39, 0.29) is 0 Å². The molecule has 2 aromatic rings. The molecule has 0 spiro atoms. The van der Waals surface area contributed by atoms with Gasteiger partial charge in [-0.2, -0.15) is 0 Å². The largest absolute Gasteiger partial charge is 0.143 e. The second-order valence-corrected chi connectivity index (χ2v) is 3.86. The van der Waals surface area contributed by atoms with Crippen molar-refractivity contribution in [3.05, 3.63) is 41.5 Å². The highest BCUT2D eigenvalue weighted by molar-refractivity contribution is 7.80. The number of hydrogen-bond acceptors (Lipinski definition) is 1. The van der Waals surface area contributed by atoms with Crippen molar-refractivity contribution in [3.8, 4) is 0 Å². The maximum Gasteiger partial charge on any atom is 0.0119 e. The standard InChI is InChI=1S/C12H12S/c1-8-6-7-11-10(9(8)2)4-3-5-12(11)13/h3-7,13H,1-2H3. The molecule has 2 aromatic carbocycles. The molecule has 0 unspecified atom stereocenters. The van der Waals surface area contributed by atoms with Gasteiger partial charge in [-0.1, -0.05) is 24.3 Å². The van der Waals surface area contributed by atoms with E-state index in [2.05, 4.69) is 50.7 Å². The summed E-state index contributed by atoms with van der Waals surface area (Å²) in [5, 5.41) is 2.56. The first-order valence-electron chi connectivity index (χ1n) is 4.38. The molecule has 0 radical (unpaired) electrons. The van der Waals surface area contributed by atoms with Crippen LogP contribution in [0.15, 0.2) is 35.2 Å². The van der Waals surface area contributed by atoms with Gasteiger partial charge in [0, 0.05) is 4.90 Å². The molecule has 0 atom stereocenters. The molecule has 0 saturated heterocycles. The topological polar surface area (TPSA) is 0 Å². The van der Waals surface area contributed by atoms with E-state index in [1.165, 1.54) is 21.9 Å². The summed E-state index contributed by atoms with van der Waals surface area (Å²) in [6.07, 6.45) is 0. The van der Waals surface area contributed by atoms with Gasteiger partial charge in [-0.15, -0.1) is 12.6 Å². The summed E-state index contributed by atoms with van der Waals surface area (Å²) < 4.78 is 0. The zero-order valence-corrected chi connectivity index (χ0v) is 8.73. The highest BCUT2D eigenvalue weighted by Gasteiger charge is 2.01. The summed E-state index contributed by atoms with van der Waals surface area (Å²) in [6, 6.07) is 10.5. The molecule has 0 aliphatic carbocycles. The summed E-state index contributed by atoms with van der Waals surface area (Å²) in [5.41, 5.74) is 2.69. The van der Waals surface area contributed by atoms with E-state index in [4.69, 9.17) is 0 Å². The van der Waals surface area contributed by atoms with Crippen molar-refractivity contribution < 1.29 is 0 Å². The SMILES string of the molecule is Cc1ccc2c(S)cccc2c1C. The quantitative estimate of drug-likeness (QED) is 0.598. The van der Waals surface area contributed by atoms with E-state index < -0.39 is 0 Å². The lowest BCUT2D eigenvalue weighted by molar-refractivity contribution is 1.37. The van der Waals surface area contributed by atoms with E-state index in [9.17, 15) is 0 Å². The number of hydrogen-bond donors (Lipinski definition) is 1. The van der Waals surface area contributed by atoms with Gasteiger partial charge in [-0.3, -0.25) is 0 Å². The Morgan fingerprint density at radius 1 is 0.923 bits per heavy atom. The van der Waals surface area contributed by atoms with Crippen LogP contribution in [0.5, 0.6) is 0 Å². The number of fused-ring (bicyclic) bond motifs is 1. The van der Waals surface area contributed by atoms with Crippen LogP contribution < -0.4 is 0 Å². The lowest BCUT2D eigenvalue weighted by Crippen LogP contribution is -1.83. The monoisotopic (exact) mass is 188 g/mol. The average molecular weight is 188 g/mol. The molecule has 66 valence electrons. The van der Waals surface area contributed by atoms with Crippen molar-refractivity contribution in [1.29, 1.82) is 0 Å². The molecule has 0 heterocycles. The molecule has 0 aliphatic heterocycles. The van der Waals surface area contributed by atoms with Crippen molar-refractivity contribution in [2.24, 2.45) is 0 Å². The summed E-state index contributed by atoms with van der Waals surface area (Å²) in [7, 11) is 0. The maximum absolute atomic E-state index is 4.43. The summed E-state index contributed by atoms with van der Waals surface area (Å²) in [4.78, 5) is 1.06. The van der Waals surface area contributed by atoms with E-state index in [1.807, 2.05) is 6.07 Å². The van der Waals surface area contributed by atoms with E-state index in [1.54, 1.807) is 0 Å². The minimum absolute atomic E-state index is 1.06. The third-order valence-electron chi connectivity index (χ3n) is 2.58. The van der Waals surface area contributed by atoms with Crippen LogP contribution in [0, 0.1) is 13.8 Å². The molecule has 0 saturated carbocycles. The van der Waals surface area contributed by atoms with Crippen LogP contribution >= 0.6 is 12.6 Å². The fourth-order valence-electron chi connectivity index (χ4n) is 1.60. The molecule has 0 fully saturated rings. The van der Waals surface area contributed by atoms with Crippen LogP contribution in [0.2, 0.25) is 0 Å². The summed E-state index contributed by atoms with van der Waals surface area (Å²) in [6.45, 7) is 4.30. The molecule has 0 aliphatic rings. The predicted octanol–water partition coefficient (Wildman–Crippen LogP) is 3.75. The lowest BCUT2D eigenvalue weighted by atomic mass is 10.0. The average Bonchev–Trinajstić information content (AvgIpc) is 2.12. The number of rotatable bonds is 0. The molecule has 2 rings (SSSR count). The van der Waals surface area contributed by atoms with Gasteiger partial charge in [-0.25, -0.2) is 0 Å². The van der Waals surface area contributed by atoms with Gasteiger partial charge < -0.3 is 0 Å². The third-order valence-corrected chi connectivity index (χ3v) is 2.97. The van der Waals surface area contributed by atoms with Crippen molar-refractivity contribution in [2.45, 2.75) is 18.7 Å². The highest BCUT2D eigenvalue weighted by Crippen LogP contribution is 2.26. The number of benzene rings is 2. The molecule has 0 N–H and O–H groups in total. The zero-order chi connectivity index (χ0) is 9.42. The Morgan fingerprint density at radius 2 is 1.69 bits per heavy atom. The van der Waals surface area contributed by atoms with Gasteiger partial charge in [0.1, 0.15) is 0 Å². The lowest BCUT2D eigenvalue weighted by Gasteiger charge is -2.06. The van der Waals surface area contributed by atoms with E-state index >= 15 is 0 Å².